The Morgan fingerprint density at radius 3 is 2.52 bits per heavy atom. The smallest absolute Gasteiger partial charge is 0.267 e. The molecule has 40 heavy (non-hydrogen) atoms. The zero-order valence-corrected chi connectivity index (χ0v) is 24.5. The van der Waals surface area contributed by atoms with Gasteiger partial charge in [0.25, 0.3) is 11.5 Å². The first-order valence-corrected chi connectivity index (χ1v) is 16.3. The molecule has 3 aliphatic rings. The van der Waals surface area contributed by atoms with Crippen LogP contribution in [0.2, 0.25) is 0 Å². The number of carbonyl (C=O) groups is 1. The number of hydrogen-bond donors (Lipinski definition) is 0. The lowest BCUT2D eigenvalue weighted by Gasteiger charge is -2.36. The Morgan fingerprint density at radius 1 is 1.07 bits per heavy atom. The van der Waals surface area contributed by atoms with Gasteiger partial charge in [-0.1, -0.05) is 60.4 Å². The molecule has 3 saturated heterocycles. The highest BCUT2D eigenvalue weighted by Crippen LogP contribution is 2.37. The van der Waals surface area contributed by atoms with E-state index in [2.05, 4.69) is 21.9 Å². The van der Waals surface area contributed by atoms with Crippen molar-refractivity contribution < 1.29 is 13.2 Å². The molecule has 1 atom stereocenters. The summed E-state index contributed by atoms with van der Waals surface area (Å²) in [6.07, 6.45) is 3.64. The van der Waals surface area contributed by atoms with Crippen molar-refractivity contribution in [3.63, 3.8) is 0 Å². The number of benzene rings is 1. The third-order valence-corrected chi connectivity index (χ3v) is 10.7. The van der Waals surface area contributed by atoms with Crippen molar-refractivity contribution in [2.75, 3.05) is 42.6 Å². The van der Waals surface area contributed by atoms with Crippen LogP contribution in [0.4, 0.5) is 5.82 Å². The third-order valence-electron chi connectivity index (χ3n) is 7.66. The number of thioether (sulfide) groups is 1. The number of thiocarbonyl (C=S) groups is 1. The number of nitrogens with zero attached hydrogens (tertiary/aromatic N) is 5. The Bertz CT molecular complexity index is 1700. The minimum Gasteiger partial charge on any atom is -0.353 e. The van der Waals surface area contributed by atoms with E-state index in [9.17, 15) is 18.0 Å². The minimum absolute atomic E-state index is 0.0451. The van der Waals surface area contributed by atoms with Crippen LogP contribution in [0.15, 0.2) is 58.4 Å². The van der Waals surface area contributed by atoms with E-state index in [1.165, 1.54) is 14.9 Å². The predicted octanol–water partition coefficient (Wildman–Crippen LogP) is 2.71. The van der Waals surface area contributed by atoms with Crippen LogP contribution in [-0.4, -0.2) is 81.6 Å². The Hall–Kier alpha value is -3.06. The van der Waals surface area contributed by atoms with Crippen molar-refractivity contribution in [3.05, 3.63) is 80.6 Å². The summed E-state index contributed by atoms with van der Waals surface area (Å²) in [6.45, 7) is 5.76. The second-order valence-corrected chi connectivity index (χ2v) is 14.3. The minimum atomic E-state index is -3.19. The number of carbonyl (C=O) groups excluding carboxylic acids is 1. The Kier molecular flexibility index (Phi) is 7.28. The summed E-state index contributed by atoms with van der Waals surface area (Å²) in [5.74, 6) is 0.144. The normalized spacial score (nSPS) is 22.6. The fraction of sp³-hybridized carbons (Fsp3) is 0.357. The fourth-order valence-electron chi connectivity index (χ4n) is 5.53. The lowest BCUT2D eigenvalue weighted by Crippen LogP contribution is -2.47. The number of aryl methyl sites for hydroxylation is 1. The van der Waals surface area contributed by atoms with E-state index in [-0.39, 0.29) is 23.0 Å². The zero-order valence-electron chi connectivity index (χ0n) is 22.0. The van der Waals surface area contributed by atoms with Crippen molar-refractivity contribution >= 4 is 61.6 Å². The van der Waals surface area contributed by atoms with E-state index < -0.39 is 15.9 Å². The SMILES string of the molecule is Cc1cccn2c(=O)c(C=C3SC(=S)N(C4CCS(=O)(=O)C4)C3=O)c(N3CCN(Cc4ccccc4)CC3)nc12. The van der Waals surface area contributed by atoms with E-state index in [1.807, 2.05) is 31.2 Å². The van der Waals surface area contributed by atoms with Gasteiger partial charge in [0.05, 0.1) is 28.0 Å². The molecule has 208 valence electrons. The molecule has 0 bridgehead atoms. The molecule has 5 heterocycles. The lowest BCUT2D eigenvalue weighted by atomic mass is 10.1. The maximum absolute atomic E-state index is 13.8. The number of rotatable bonds is 5. The van der Waals surface area contributed by atoms with E-state index >= 15 is 0 Å². The molecule has 0 spiro atoms. The fourth-order valence-corrected chi connectivity index (χ4v) is 8.61. The standard InChI is InChI=1S/C28H29N5O4S3/c1-19-6-5-10-32-24(19)29-25(31-13-11-30(12-14-31)17-20-7-3-2-4-8-20)22(26(32)34)16-23-27(35)33(28(38)39-23)21-9-15-40(36,37)18-21/h2-8,10,16,21H,9,11-15,17-18H2,1H3. The van der Waals surface area contributed by atoms with Gasteiger partial charge < -0.3 is 4.90 Å². The summed E-state index contributed by atoms with van der Waals surface area (Å²) >= 11 is 6.60. The Morgan fingerprint density at radius 2 is 1.82 bits per heavy atom. The van der Waals surface area contributed by atoms with E-state index in [0.717, 1.165) is 37.0 Å². The molecule has 6 rings (SSSR count). The molecule has 2 aromatic heterocycles. The lowest BCUT2D eigenvalue weighted by molar-refractivity contribution is -0.123. The molecule has 9 nitrogen and oxygen atoms in total. The summed E-state index contributed by atoms with van der Waals surface area (Å²) in [6, 6.07) is 13.6. The van der Waals surface area contributed by atoms with Gasteiger partial charge in [0.1, 0.15) is 15.8 Å². The van der Waals surface area contributed by atoms with Crippen LogP contribution in [0.5, 0.6) is 0 Å². The molecule has 3 fully saturated rings. The van der Waals surface area contributed by atoms with Crippen molar-refractivity contribution in [2.24, 2.45) is 0 Å². The molecular formula is C28H29N5O4S3. The van der Waals surface area contributed by atoms with E-state index in [0.29, 0.717) is 45.8 Å². The first kappa shape index (κ1) is 27.1. The Balaban J connectivity index is 1.34. The van der Waals surface area contributed by atoms with Gasteiger partial charge in [0.15, 0.2) is 9.84 Å². The maximum atomic E-state index is 13.8. The van der Waals surface area contributed by atoms with Gasteiger partial charge in [-0.2, -0.15) is 0 Å². The summed E-state index contributed by atoms with van der Waals surface area (Å²) in [5.41, 5.74) is 2.79. The molecule has 1 amide bonds. The van der Waals surface area contributed by atoms with Crippen LogP contribution in [0.3, 0.4) is 0 Å². The second kappa shape index (κ2) is 10.7. The number of amides is 1. The van der Waals surface area contributed by atoms with Gasteiger partial charge in [-0.05, 0) is 36.6 Å². The average Bonchev–Trinajstić information content (AvgIpc) is 3.43. The summed E-state index contributed by atoms with van der Waals surface area (Å²) in [4.78, 5) is 38.5. The first-order valence-electron chi connectivity index (χ1n) is 13.2. The molecule has 12 heteroatoms. The van der Waals surface area contributed by atoms with Gasteiger partial charge in [-0.3, -0.25) is 23.8 Å². The van der Waals surface area contributed by atoms with Crippen LogP contribution in [0.1, 0.15) is 23.1 Å². The maximum Gasteiger partial charge on any atom is 0.267 e. The van der Waals surface area contributed by atoms with Gasteiger partial charge >= 0.3 is 0 Å². The molecular weight excluding hydrogens is 567 g/mol. The molecule has 0 N–H and O–H groups in total. The van der Waals surface area contributed by atoms with Gasteiger partial charge in [-0.25, -0.2) is 13.4 Å². The highest BCUT2D eigenvalue weighted by Gasteiger charge is 2.42. The molecule has 3 aromatic rings. The van der Waals surface area contributed by atoms with E-state index in [4.69, 9.17) is 17.2 Å². The quantitative estimate of drug-likeness (QED) is 0.326. The van der Waals surface area contributed by atoms with Gasteiger partial charge in [0, 0.05) is 38.9 Å². The molecule has 3 aliphatic heterocycles. The molecule has 0 radical (unpaired) electrons. The van der Waals surface area contributed by atoms with Crippen molar-refractivity contribution in [1.29, 1.82) is 0 Å². The number of fused-ring (bicyclic) bond motifs is 1. The highest BCUT2D eigenvalue weighted by molar-refractivity contribution is 8.26. The molecule has 1 unspecified atom stereocenters. The second-order valence-electron chi connectivity index (χ2n) is 10.4. The van der Waals surface area contributed by atoms with Crippen LogP contribution in [0, 0.1) is 6.92 Å². The summed E-state index contributed by atoms with van der Waals surface area (Å²) < 4.78 is 26.0. The zero-order chi connectivity index (χ0) is 28.0. The summed E-state index contributed by atoms with van der Waals surface area (Å²) in [5, 5.41) is 0. The van der Waals surface area contributed by atoms with Crippen LogP contribution in [0.25, 0.3) is 11.7 Å². The molecule has 0 saturated carbocycles. The number of anilines is 1. The van der Waals surface area contributed by atoms with Crippen LogP contribution < -0.4 is 10.5 Å². The van der Waals surface area contributed by atoms with Crippen molar-refractivity contribution in [2.45, 2.75) is 25.9 Å². The number of piperazine rings is 1. The number of pyridine rings is 1. The highest BCUT2D eigenvalue weighted by atomic mass is 32.2. The average molecular weight is 596 g/mol. The monoisotopic (exact) mass is 595 g/mol. The van der Waals surface area contributed by atoms with Gasteiger partial charge in [-0.15, -0.1) is 0 Å². The van der Waals surface area contributed by atoms with Gasteiger partial charge in [0.2, 0.25) is 0 Å². The van der Waals surface area contributed by atoms with Crippen molar-refractivity contribution in [1.82, 2.24) is 19.2 Å². The Labute approximate surface area is 242 Å². The third kappa shape index (κ3) is 5.20. The molecule has 0 aliphatic carbocycles. The molecule has 1 aromatic carbocycles. The summed E-state index contributed by atoms with van der Waals surface area (Å²) in [7, 11) is -3.19. The first-order chi connectivity index (χ1) is 19.2. The van der Waals surface area contributed by atoms with Crippen molar-refractivity contribution in [3.8, 4) is 0 Å². The predicted molar refractivity (Wildman–Crippen MR) is 162 cm³/mol. The number of hydrogen-bond acceptors (Lipinski definition) is 9. The van der Waals surface area contributed by atoms with Crippen LogP contribution in [-0.2, 0) is 21.2 Å². The number of aromatic nitrogens is 2. The number of sulfone groups is 1. The van der Waals surface area contributed by atoms with Crippen LogP contribution >= 0.6 is 24.0 Å². The topological polar surface area (TPSA) is 95.3 Å². The largest absolute Gasteiger partial charge is 0.353 e. The van der Waals surface area contributed by atoms with E-state index in [1.54, 1.807) is 18.3 Å².